The SMILES string of the molecule is C#Cc1ccc(C(=O)Nc2ccc(C(=N)N)nc2)cc1. The summed E-state index contributed by atoms with van der Waals surface area (Å²) in [7, 11) is 0. The number of nitrogens with one attached hydrogen (secondary N) is 2. The topological polar surface area (TPSA) is 91.9 Å². The van der Waals surface area contributed by atoms with Gasteiger partial charge in [-0.2, -0.15) is 0 Å². The van der Waals surface area contributed by atoms with Crippen molar-refractivity contribution in [1.29, 1.82) is 5.41 Å². The number of rotatable bonds is 3. The molecular formula is C15H12N4O. The molecule has 0 saturated heterocycles. The van der Waals surface area contributed by atoms with E-state index >= 15 is 0 Å². The van der Waals surface area contributed by atoms with Gasteiger partial charge in [0.1, 0.15) is 11.5 Å². The summed E-state index contributed by atoms with van der Waals surface area (Å²) >= 11 is 0. The van der Waals surface area contributed by atoms with Gasteiger partial charge in [0.25, 0.3) is 5.91 Å². The van der Waals surface area contributed by atoms with E-state index in [0.717, 1.165) is 0 Å². The number of nitrogens with zero attached hydrogens (tertiary/aromatic N) is 1. The summed E-state index contributed by atoms with van der Waals surface area (Å²) in [5, 5.41) is 9.93. The molecule has 0 aliphatic carbocycles. The molecule has 1 heterocycles. The maximum absolute atomic E-state index is 12.0. The molecule has 0 saturated carbocycles. The second kappa shape index (κ2) is 5.67. The summed E-state index contributed by atoms with van der Waals surface area (Å²) < 4.78 is 0. The molecule has 0 fully saturated rings. The molecular weight excluding hydrogens is 252 g/mol. The predicted octanol–water partition coefficient (Wildman–Crippen LogP) is 1.60. The van der Waals surface area contributed by atoms with Gasteiger partial charge >= 0.3 is 0 Å². The first-order valence-electron chi connectivity index (χ1n) is 5.78. The minimum absolute atomic E-state index is 0.118. The normalized spacial score (nSPS) is 9.55. The first kappa shape index (κ1) is 13.3. The fourth-order valence-electron chi connectivity index (χ4n) is 1.55. The van der Waals surface area contributed by atoms with Crippen LogP contribution in [0.1, 0.15) is 21.6 Å². The van der Waals surface area contributed by atoms with Crippen LogP contribution < -0.4 is 11.1 Å². The third-order valence-electron chi connectivity index (χ3n) is 2.61. The fourth-order valence-corrected chi connectivity index (χ4v) is 1.55. The van der Waals surface area contributed by atoms with E-state index in [2.05, 4.69) is 16.2 Å². The second-order valence-corrected chi connectivity index (χ2v) is 4.02. The van der Waals surface area contributed by atoms with Gasteiger partial charge < -0.3 is 11.1 Å². The Morgan fingerprint density at radius 2 is 1.95 bits per heavy atom. The highest BCUT2D eigenvalue weighted by atomic mass is 16.1. The number of carbonyl (C=O) groups is 1. The summed E-state index contributed by atoms with van der Waals surface area (Å²) in [5.41, 5.74) is 7.41. The monoisotopic (exact) mass is 264 g/mol. The number of aromatic nitrogens is 1. The highest BCUT2D eigenvalue weighted by molar-refractivity contribution is 6.04. The number of hydrogen-bond donors (Lipinski definition) is 3. The zero-order valence-corrected chi connectivity index (χ0v) is 10.6. The molecule has 5 heteroatoms. The van der Waals surface area contributed by atoms with Crippen molar-refractivity contribution in [3.05, 3.63) is 59.4 Å². The molecule has 20 heavy (non-hydrogen) atoms. The lowest BCUT2D eigenvalue weighted by Gasteiger charge is -2.05. The molecule has 1 aromatic carbocycles. The Balaban J connectivity index is 2.10. The summed E-state index contributed by atoms with van der Waals surface area (Å²) in [4.78, 5) is 15.9. The maximum atomic E-state index is 12.0. The molecule has 2 aromatic rings. The zero-order valence-electron chi connectivity index (χ0n) is 10.6. The summed E-state index contributed by atoms with van der Waals surface area (Å²) in [5.74, 6) is 2.11. The van der Waals surface area contributed by atoms with Crippen LogP contribution in [0.25, 0.3) is 0 Å². The number of amides is 1. The third-order valence-corrected chi connectivity index (χ3v) is 2.61. The van der Waals surface area contributed by atoms with Gasteiger partial charge in [-0.25, -0.2) is 0 Å². The van der Waals surface area contributed by atoms with Gasteiger partial charge in [0.05, 0.1) is 11.9 Å². The minimum Gasteiger partial charge on any atom is -0.382 e. The number of hydrogen-bond acceptors (Lipinski definition) is 3. The lowest BCUT2D eigenvalue weighted by molar-refractivity contribution is 0.102. The quantitative estimate of drug-likeness (QED) is 0.446. The number of amidine groups is 1. The average molecular weight is 264 g/mol. The lowest BCUT2D eigenvalue weighted by atomic mass is 10.1. The van der Waals surface area contributed by atoms with Crippen LogP contribution in [0.5, 0.6) is 0 Å². The Morgan fingerprint density at radius 1 is 1.25 bits per heavy atom. The Bertz CT molecular complexity index is 681. The molecule has 0 radical (unpaired) electrons. The van der Waals surface area contributed by atoms with Crippen LogP contribution >= 0.6 is 0 Å². The number of pyridine rings is 1. The van der Waals surface area contributed by atoms with E-state index in [1.54, 1.807) is 36.4 Å². The zero-order chi connectivity index (χ0) is 14.5. The van der Waals surface area contributed by atoms with Crippen LogP contribution in [-0.4, -0.2) is 16.7 Å². The van der Waals surface area contributed by atoms with Crippen LogP contribution in [-0.2, 0) is 0 Å². The molecule has 0 bridgehead atoms. The summed E-state index contributed by atoms with van der Waals surface area (Å²) in [6.07, 6.45) is 6.70. The molecule has 0 atom stereocenters. The van der Waals surface area contributed by atoms with Crippen molar-refractivity contribution in [2.75, 3.05) is 5.32 Å². The molecule has 0 aliphatic heterocycles. The van der Waals surface area contributed by atoms with E-state index in [1.165, 1.54) is 6.20 Å². The molecule has 98 valence electrons. The average Bonchev–Trinajstić information content (AvgIpc) is 2.48. The Labute approximate surface area is 116 Å². The number of anilines is 1. The van der Waals surface area contributed by atoms with Crippen molar-refractivity contribution in [3.63, 3.8) is 0 Å². The Morgan fingerprint density at radius 3 is 2.45 bits per heavy atom. The van der Waals surface area contributed by atoms with E-state index < -0.39 is 0 Å². The molecule has 0 unspecified atom stereocenters. The Kier molecular flexibility index (Phi) is 3.77. The van der Waals surface area contributed by atoms with Gasteiger partial charge in [-0.15, -0.1) is 6.42 Å². The van der Waals surface area contributed by atoms with Crippen molar-refractivity contribution in [3.8, 4) is 12.3 Å². The van der Waals surface area contributed by atoms with E-state index in [4.69, 9.17) is 17.6 Å². The minimum atomic E-state index is -0.258. The first-order valence-corrected chi connectivity index (χ1v) is 5.78. The van der Waals surface area contributed by atoms with Gasteiger partial charge in [0.2, 0.25) is 0 Å². The van der Waals surface area contributed by atoms with E-state index in [0.29, 0.717) is 22.5 Å². The smallest absolute Gasteiger partial charge is 0.255 e. The number of terminal acetylenes is 1. The van der Waals surface area contributed by atoms with Crippen LogP contribution in [0.3, 0.4) is 0 Å². The molecule has 5 nitrogen and oxygen atoms in total. The lowest BCUT2D eigenvalue weighted by Crippen LogP contribution is -2.15. The first-order chi connectivity index (χ1) is 9.60. The van der Waals surface area contributed by atoms with Crippen molar-refractivity contribution >= 4 is 17.4 Å². The van der Waals surface area contributed by atoms with Gasteiger partial charge in [-0.3, -0.25) is 15.2 Å². The third kappa shape index (κ3) is 3.00. The number of benzene rings is 1. The van der Waals surface area contributed by atoms with Crippen LogP contribution in [0.15, 0.2) is 42.6 Å². The molecule has 4 N–H and O–H groups in total. The predicted molar refractivity (Wildman–Crippen MR) is 77.6 cm³/mol. The second-order valence-electron chi connectivity index (χ2n) is 4.02. The highest BCUT2D eigenvalue weighted by Gasteiger charge is 2.06. The van der Waals surface area contributed by atoms with Gasteiger partial charge in [0, 0.05) is 11.1 Å². The van der Waals surface area contributed by atoms with Crippen molar-refractivity contribution in [2.24, 2.45) is 5.73 Å². The number of carbonyl (C=O) groups excluding carboxylic acids is 1. The van der Waals surface area contributed by atoms with Gasteiger partial charge in [-0.05, 0) is 36.4 Å². The molecule has 1 amide bonds. The Hall–Kier alpha value is -3.13. The van der Waals surface area contributed by atoms with Crippen LogP contribution in [0.4, 0.5) is 5.69 Å². The van der Waals surface area contributed by atoms with Crippen molar-refractivity contribution < 1.29 is 4.79 Å². The summed E-state index contributed by atoms with van der Waals surface area (Å²) in [6, 6.07) is 9.92. The largest absolute Gasteiger partial charge is 0.382 e. The van der Waals surface area contributed by atoms with Gasteiger partial charge in [-0.1, -0.05) is 5.92 Å². The molecule has 1 aromatic heterocycles. The molecule has 0 aliphatic rings. The van der Waals surface area contributed by atoms with E-state index in [9.17, 15) is 4.79 Å². The number of nitrogens with two attached hydrogens (primary N) is 1. The summed E-state index contributed by atoms with van der Waals surface area (Å²) in [6.45, 7) is 0. The van der Waals surface area contributed by atoms with E-state index in [1.807, 2.05) is 0 Å². The van der Waals surface area contributed by atoms with Crippen molar-refractivity contribution in [1.82, 2.24) is 4.98 Å². The maximum Gasteiger partial charge on any atom is 0.255 e. The van der Waals surface area contributed by atoms with Crippen LogP contribution in [0.2, 0.25) is 0 Å². The van der Waals surface area contributed by atoms with Gasteiger partial charge in [0.15, 0.2) is 0 Å². The molecule has 2 rings (SSSR count). The number of nitrogen functional groups attached to an aromatic ring is 1. The standard InChI is InChI=1S/C15H12N4O/c1-2-10-3-5-11(6-4-10)15(20)19-12-7-8-13(14(16)17)18-9-12/h1,3-9H,(H3,16,17)(H,19,20). The van der Waals surface area contributed by atoms with Crippen LogP contribution in [0, 0.1) is 17.8 Å². The van der Waals surface area contributed by atoms with Crippen molar-refractivity contribution in [2.45, 2.75) is 0 Å². The fraction of sp³-hybridized carbons (Fsp3) is 0. The molecule has 0 spiro atoms. The highest BCUT2D eigenvalue weighted by Crippen LogP contribution is 2.09. The van der Waals surface area contributed by atoms with E-state index in [-0.39, 0.29) is 11.7 Å².